The van der Waals surface area contributed by atoms with Crippen LogP contribution in [-0.4, -0.2) is 23.0 Å². The summed E-state index contributed by atoms with van der Waals surface area (Å²) in [6.45, 7) is 1.57. The molecule has 18 heavy (non-hydrogen) atoms. The molecule has 0 aliphatic carbocycles. The van der Waals surface area contributed by atoms with E-state index in [1.165, 1.54) is 0 Å². The first-order valence-corrected chi connectivity index (χ1v) is 6.60. The quantitative estimate of drug-likeness (QED) is 0.795. The largest absolute Gasteiger partial charge is 0.381 e. The Bertz CT molecular complexity index is 506. The van der Waals surface area contributed by atoms with E-state index >= 15 is 0 Å². The zero-order chi connectivity index (χ0) is 12.4. The summed E-state index contributed by atoms with van der Waals surface area (Å²) >= 11 is 6.48. The topological polar surface area (TPSA) is 27.1 Å². The van der Waals surface area contributed by atoms with Crippen LogP contribution in [-0.2, 0) is 4.74 Å². The van der Waals surface area contributed by atoms with E-state index in [2.05, 4.69) is 5.10 Å². The fourth-order valence-electron chi connectivity index (χ4n) is 2.26. The van der Waals surface area contributed by atoms with Gasteiger partial charge in [0.25, 0.3) is 0 Å². The smallest absolute Gasteiger partial charge is 0.0667 e. The van der Waals surface area contributed by atoms with Crippen LogP contribution < -0.4 is 0 Å². The highest BCUT2D eigenvalue weighted by Gasteiger charge is 2.26. The van der Waals surface area contributed by atoms with Crippen LogP contribution in [0.2, 0.25) is 0 Å². The summed E-state index contributed by atoms with van der Waals surface area (Å²) in [4.78, 5) is 0. The lowest BCUT2D eigenvalue weighted by Crippen LogP contribution is -2.06. The number of hydrogen-bond donors (Lipinski definition) is 0. The van der Waals surface area contributed by atoms with Gasteiger partial charge in [-0.05, 0) is 18.6 Å². The van der Waals surface area contributed by atoms with Gasteiger partial charge in [-0.25, -0.2) is 4.68 Å². The Morgan fingerprint density at radius 3 is 2.89 bits per heavy atom. The van der Waals surface area contributed by atoms with Gasteiger partial charge in [-0.15, -0.1) is 11.6 Å². The van der Waals surface area contributed by atoms with E-state index in [1.54, 1.807) is 0 Å². The van der Waals surface area contributed by atoms with Crippen molar-refractivity contribution in [2.45, 2.75) is 11.8 Å². The van der Waals surface area contributed by atoms with Crippen LogP contribution in [0.4, 0.5) is 0 Å². The van der Waals surface area contributed by atoms with Gasteiger partial charge < -0.3 is 4.74 Å². The molecule has 0 amide bonds. The van der Waals surface area contributed by atoms with E-state index in [4.69, 9.17) is 16.3 Å². The third-order valence-corrected chi connectivity index (χ3v) is 3.93. The third-order valence-electron chi connectivity index (χ3n) is 3.32. The van der Waals surface area contributed by atoms with E-state index in [0.29, 0.717) is 5.92 Å². The van der Waals surface area contributed by atoms with Crippen molar-refractivity contribution in [2.75, 3.05) is 13.2 Å². The highest BCUT2D eigenvalue weighted by molar-refractivity contribution is 6.21. The lowest BCUT2D eigenvalue weighted by atomic mass is 10.0. The lowest BCUT2D eigenvalue weighted by molar-refractivity contribution is 0.185. The van der Waals surface area contributed by atoms with Crippen LogP contribution in [0, 0.1) is 5.92 Å². The van der Waals surface area contributed by atoms with Gasteiger partial charge in [-0.1, -0.05) is 18.2 Å². The van der Waals surface area contributed by atoms with Gasteiger partial charge in [0.2, 0.25) is 0 Å². The molecule has 1 fully saturated rings. The Morgan fingerprint density at radius 1 is 1.33 bits per heavy atom. The zero-order valence-electron chi connectivity index (χ0n) is 10.00. The molecule has 1 aliphatic heterocycles. The number of para-hydroxylation sites is 1. The van der Waals surface area contributed by atoms with Crippen molar-refractivity contribution in [3.63, 3.8) is 0 Å². The first-order chi connectivity index (χ1) is 8.84. The molecule has 2 heterocycles. The average Bonchev–Trinajstić information content (AvgIpc) is 3.10. The standard InChI is InChI=1S/C14H15ClN2O/c15-14(11-6-7-18-10-11)12-8-16-17(9-12)13-4-2-1-3-5-13/h1-5,8-9,11,14H,6-7,10H2. The van der Waals surface area contributed by atoms with E-state index < -0.39 is 0 Å². The predicted octanol–water partition coefficient (Wildman–Crippen LogP) is 3.19. The van der Waals surface area contributed by atoms with E-state index in [9.17, 15) is 0 Å². The number of alkyl halides is 1. The van der Waals surface area contributed by atoms with Crippen molar-refractivity contribution in [1.29, 1.82) is 0 Å². The Balaban J connectivity index is 1.81. The fourth-order valence-corrected chi connectivity index (χ4v) is 2.57. The summed E-state index contributed by atoms with van der Waals surface area (Å²) in [5, 5.41) is 4.36. The maximum absolute atomic E-state index is 6.48. The minimum atomic E-state index is -0.00929. The molecular formula is C14H15ClN2O. The van der Waals surface area contributed by atoms with E-state index in [1.807, 2.05) is 47.4 Å². The van der Waals surface area contributed by atoms with E-state index in [-0.39, 0.29) is 5.38 Å². The van der Waals surface area contributed by atoms with Crippen molar-refractivity contribution in [3.05, 3.63) is 48.3 Å². The molecule has 0 N–H and O–H groups in total. The number of rotatable bonds is 3. The van der Waals surface area contributed by atoms with Crippen LogP contribution in [0.1, 0.15) is 17.4 Å². The van der Waals surface area contributed by atoms with Gasteiger partial charge in [-0.2, -0.15) is 5.10 Å². The van der Waals surface area contributed by atoms with Crippen molar-refractivity contribution >= 4 is 11.6 Å². The second kappa shape index (κ2) is 5.12. The van der Waals surface area contributed by atoms with Crippen molar-refractivity contribution < 1.29 is 4.74 Å². The second-order valence-electron chi connectivity index (χ2n) is 4.58. The Labute approximate surface area is 111 Å². The second-order valence-corrected chi connectivity index (χ2v) is 5.05. The number of nitrogens with zero attached hydrogens (tertiary/aromatic N) is 2. The molecule has 1 aromatic carbocycles. The molecule has 0 spiro atoms. The normalized spacial score (nSPS) is 21.1. The number of aromatic nitrogens is 2. The average molecular weight is 263 g/mol. The van der Waals surface area contributed by atoms with Gasteiger partial charge in [0.15, 0.2) is 0 Å². The van der Waals surface area contributed by atoms with Gasteiger partial charge in [0.1, 0.15) is 0 Å². The minimum absolute atomic E-state index is 0.00929. The fraction of sp³-hybridized carbons (Fsp3) is 0.357. The highest BCUT2D eigenvalue weighted by Crippen LogP contribution is 2.34. The van der Waals surface area contributed by atoms with Crippen LogP contribution in [0.5, 0.6) is 0 Å². The molecule has 0 bridgehead atoms. The molecular weight excluding hydrogens is 248 g/mol. The molecule has 1 aromatic heterocycles. The highest BCUT2D eigenvalue weighted by atomic mass is 35.5. The third kappa shape index (κ3) is 2.28. The Kier molecular flexibility index (Phi) is 3.35. The molecule has 0 radical (unpaired) electrons. The summed E-state index contributed by atoms with van der Waals surface area (Å²) < 4.78 is 7.24. The summed E-state index contributed by atoms with van der Waals surface area (Å²) in [5.74, 6) is 0.403. The summed E-state index contributed by atoms with van der Waals surface area (Å²) in [6.07, 6.45) is 4.89. The van der Waals surface area contributed by atoms with Crippen LogP contribution >= 0.6 is 11.6 Å². The Morgan fingerprint density at radius 2 is 2.17 bits per heavy atom. The number of halogens is 1. The maximum Gasteiger partial charge on any atom is 0.0667 e. The predicted molar refractivity (Wildman–Crippen MR) is 71.1 cm³/mol. The van der Waals surface area contributed by atoms with Gasteiger partial charge in [0.05, 0.1) is 23.9 Å². The molecule has 94 valence electrons. The maximum atomic E-state index is 6.48. The first kappa shape index (κ1) is 11.8. The van der Waals surface area contributed by atoms with Crippen molar-refractivity contribution in [1.82, 2.24) is 9.78 Å². The summed E-state index contributed by atoms with van der Waals surface area (Å²) in [5.41, 5.74) is 2.12. The lowest BCUT2D eigenvalue weighted by Gasteiger charge is -2.12. The summed E-state index contributed by atoms with van der Waals surface area (Å²) in [6, 6.07) is 10.0. The first-order valence-electron chi connectivity index (χ1n) is 6.16. The molecule has 4 heteroatoms. The van der Waals surface area contributed by atoms with E-state index in [0.717, 1.165) is 30.9 Å². The number of benzene rings is 1. The SMILES string of the molecule is ClC(c1cnn(-c2ccccc2)c1)C1CCOC1. The van der Waals surface area contributed by atoms with Crippen LogP contribution in [0.3, 0.4) is 0 Å². The molecule has 1 saturated heterocycles. The monoisotopic (exact) mass is 262 g/mol. The molecule has 0 saturated carbocycles. The molecule has 1 aliphatic rings. The molecule has 3 rings (SSSR count). The Hall–Kier alpha value is -1.32. The van der Waals surface area contributed by atoms with Crippen molar-refractivity contribution in [3.8, 4) is 5.69 Å². The number of ether oxygens (including phenoxy) is 1. The molecule has 2 atom stereocenters. The van der Waals surface area contributed by atoms with Crippen molar-refractivity contribution in [2.24, 2.45) is 5.92 Å². The minimum Gasteiger partial charge on any atom is -0.381 e. The molecule has 3 nitrogen and oxygen atoms in total. The van der Waals surface area contributed by atoms with Crippen LogP contribution in [0.25, 0.3) is 5.69 Å². The van der Waals surface area contributed by atoms with Crippen LogP contribution in [0.15, 0.2) is 42.7 Å². The van der Waals surface area contributed by atoms with Gasteiger partial charge in [-0.3, -0.25) is 0 Å². The van der Waals surface area contributed by atoms with Gasteiger partial charge in [0, 0.05) is 24.3 Å². The summed E-state index contributed by atoms with van der Waals surface area (Å²) in [7, 11) is 0. The number of hydrogen-bond acceptors (Lipinski definition) is 2. The zero-order valence-corrected chi connectivity index (χ0v) is 10.8. The molecule has 2 aromatic rings. The van der Waals surface area contributed by atoms with Gasteiger partial charge >= 0.3 is 0 Å². The molecule has 2 unspecified atom stereocenters.